The van der Waals surface area contributed by atoms with Crippen LogP contribution in [0.5, 0.6) is 0 Å². The van der Waals surface area contributed by atoms with Crippen molar-refractivity contribution in [3.05, 3.63) is 71.8 Å². The minimum atomic E-state index is 0.177. The summed E-state index contributed by atoms with van der Waals surface area (Å²) in [6, 6.07) is 21.2. The molecule has 0 saturated carbocycles. The van der Waals surface area contributed by atoms with Crippen LogP contribution in [0.2, 0.25) is 0 Å². The molecule has 22 heavy (non-hydrogen) atoms. The average molecular weight is 294 g/mol. The Bertz CT molecular complexity index is 624. The molecule has 0 bridgehead atoms. The molecule has 2 aromatic rings. The zero-order chi connectivity index (χ0) is 15.4. The van der Waals surface area contributed by atoms with E-state index in [9.17, 15) is 5.21 Å². The van der Waals surface area contributed by atoms with Crippen LogP contribution in [0.1, 0.15) is 43.0 Å². The van der Waals surface area contributed by atoms with E-state index in [4.69, 9.17) is 0 Å². The number of piperidine rings is 1. The second-order valence-electron chi connectivity index (χ2n) is 5.83. The van der Waals surface area contributed by atoms with Crippen LogP contribution >= 0.6 is 0 Å². The van der Waals surface area contributed by atoms with Crippen LogP contribution in [0.15, 0.2) is 65.8 Å². The molecule has 0 spiro atoms. The molecule has 2 aromatic carbocycles. The molecule has 114 valence electrons. The highest BCUT2D eigenvalue weighted by molar-refractivity contribution is 5.88. The Morgan fingerprint density at radius 1 is 1.00 bits per heavy atom. The van der Waals surface area contributed by atoms with E-state index >= 15 is 0 Å². The van der Waals surface area contributed by atoms with Gasteiger partial charge < -0.3 is 10.5 Å². The molecule has 2 N–H and O–H groups in total. The largest absolute Gasteiger partial charge is 0.411 e. The third kappa shape index (κ3) is 2.90. The molecule has 3 nitrogen and oxygen atoms in total. The van der Waals surface area contributed by atoms with Gasteiger partial charge in [0.1, 0.15) is 0 Å². The summed E-state index contributed by atoms with van der Waals surface area (Å²) in [4.78, 5) is 0. The van der Waals surface area contributed by atoms with Crippen molar-refractivity contribution in [2.24, 2.45) is 11.1 Å². The molecule has 0 aromatic heterocycles. The standard InChI is InChI=1S/C19H22N2O/c1-2-16-18(21-22)13-17(14-9-5-3-6-10-14)20-19(16)15-11-7-4-8-12-15/h3-12,16-17,19-20,22H,2,13H2,1H3/b21-18+/t16-,17+,19+/m1/s1. The second kappa shape index (κ2) is 6.75. The highest BCUT2D eigenvalue weighted by Crippen LogP contribution is 2.36. The average Bonchev–Trinajstić information content (AvgIpc) is 2.62. The molecular weight excluding hydrogens is 272 g/mol. The first-order valence-corrected chi connectivity index (χ1v) is 7.90. The molecule has 3 rings (SSSR count). The van der Waals surface area contributed by atoms with Gasteiger partial charge in [0.2, 0.25) is 0 Å². The third-order valence-corrected chi connectivity index (χ3v) is 4.55. The van der Waals surface area contributed by atoms with E-state index in [2.05, 4.69) is 65.9 Å². The Balaban J connectivity index is 1.95. The number of rotatable bonds is 3. The molecule has 1 aliphatic heterocycles. The lowest BCUT2D eigenvalue weighted by atomic mass is 9.79. The number of benzene rings is 2. The van der Waals surface area contributed by atoms with E-state index in [1.165, 1.54) is 11.1 Å². The lowest BCUT2D eigenvalue weighted by Gasteiger charge is -2.38. The number of nitrogens with one attached hydrogen (secondary N) is 1. The Morgan fingerprint density at radius 2 is 1.59 bits per heavy atom. The van der Waals surface area contributed by atoms with Crippen LogP contribution in [-0.4, -0.2) is 10.9 Å². The highest BCUT2D eigenvalue weighted by Gasteiger charge is 2.35. The summed E-state index contributed by atoms with van der Waals surface area (Å²) in [7, 11) is 0. The fourth-order valence-electron chi connectivity index (χ4n) is 3.42. The van der Waals surface area contributed by atoms with Crippen molar-refractivity contribution < 1.29 is 5.21 Å². The van der Waals surface area contributed by atoms with Gasteiger partial charge in [0, 0.05) is 24.4 Å². The van der Waals surface area contributed by atoms with Gasteiger partial charge in [-0.25, -0.2) is 0 Å². The molecule has 1 fully saturated rings. The van der Waals surface area contributed by atoms with Crippen LogP contribution in [0.25, 0.3) is 0 Å². The number of hydrogen-bond acceptors (Lipinski definition) is 3. The SMILES string of the molecule is CC[C@@H]1/C(=N/O)C[C@@H](c2ccccc2)N[C@H]1c1ccccc1. The van der Waals surface area contributed by atoms with Gasteiger partial charge in [0.15, 0.2) is 0 Å². The monoisotopic (exact) mass is 294 g/mol. The molecule has 3 heteroatoms. The lowest BCUT2D eigenvalue weighted by molar-refractivity contribution is 0.287. The first-order chi connectivity index (χ1) is 10.8. The first kappa shape index (κ1) is 14.8. The van der Waals surface area contributed by atoms with Gasteiger partial charge in [-0.3, -0.25) is 0 Å². The zero-order valence-electron chi connectivity index (χ0n) is 12.8. The van der Waals surface area contributed by atoms with Gasteiger partial charge in [0.05, 0.1) is 5.71 Å². The van der Waals surface area contributed by atoms with E-state index < -0.39 is 0 Å². The molecule has 3 atom stereocenters. The minimum absolute atomic E-state index is 0.177. The number of hydrogen-bond donors (Lipinski definition) is 2. The van der Waals surface area contributed by atoms with Crippen molar-refractivity contribution >= 4 is 5.71 Å². The first-order valence-electron chi connectivity index (χ1n) is 7.90. The van der Waals surface area contributed by atoms with Crippen molar-refractivity contribution in [2.45, 2.75) is 31.8 Å². The van der Waals surface area contributed by atoms with Crippen LogP contribution in [-0.2, 0) is 0 Å². The van der Waals surface area contributed by atoms with Crippen LogP contribution in [0, 0.1) is 5.92 Å². The third-order valence-electron chi connectivity index (χ3n) is 4.55. The Kier molecular flexibility index (Phi) is 4.54. The maximum Gasteiger partial charge on any atom is 0.0639 e. The van der Waals surface area contributed by atoms with Crippen molar-refractivity contribution in [2.75, 3.05) is 0 Å². The summed E-state index contributed by atoms with van der Waals surface area (Å²) in [5, 5.41) is 16.9. The van der Waals surface area contributed by atoms with Crippen molar-refractivity contribution in [3.63, 3.8) is 0 Å². The number of oxime groups is 1. The van der Waals surface area contributed by atoms with Crippen LogP contribution < -0.4 is 5.32 Å². The summed E-state index contributed by atoms with van der Waals surface area (Å²) < 4.78 is 0. The van der Waals surface area contributed by atoms with E-state index in [0.717, 1.165) is 18.6 Å². The Labute approximate surface area is 131 Å². The number of nitrogens with zero attached hydrogens (tertiary/aromatic N) is 1. The Hall–Kier alpha value is -2.13. The predicted molar refractivity (Wildman–Crippen MR) is 89.1 cm³/mol. The summed E-state index contributed by atoms with van der Waals surface area (Å²) >= 11 is 0. The zero-order valence-corrected chi connectivity index (χ0v) is 12.8. The second-order valence-corrected chi connectivity index (χ2v) is 5.83. The predicted octanol–water partition coefficient (Wildman–Crippen LogP) is 4.32. The summed E-state index contributed by atoms with van der Waals surface area (Å²) in [5.74, 6) is 0.229. The van der Waals surface area contributed by atoms with Gasteiger partial charge in [-0.15, -0.1) is 0 Å². The smallest absolute Gasteiger partial charge is 0.0639 e. The maximum absolute atomic E-state index is 9.48. The molecule has 1 heterocycles. The highest BCUT2D eigenvalue weighted by atomic mass is 16.4. The summed E-state index contributed by atoms with van der Waals surface area (Å²) in [6.45, 7) is 2.15. The van der Waals surface area contributed by atoms with Gasteiger partial charge in [-0.1, -0.05) is 72.7 Å². The Morgan fingerprint density at radius 3 is 2.14 bits per heavy atom. The molecule has 1 saturated heterocycles. The fourth-order valence-corrected chi connectivity index (χ4v) is 3.42. The molecule has 0 radical (unpaired) electrons. The minimum Gasteiger partial charge on any atom is -0.411 e. The van der Waals surface area contributed by atoms with Crippen LogP contribution in [0.3, 0.4) is 0 Å². The molecule has 0 unspecified atom stereocenters. The lowest BCUT2D eigenvalue weighted by Crippen LogP contribution is -2.42. The van der Waals surface area contributed by atoms with E-state index in [-0.39, 0.29) is 18.0 Å². The molecule has 0 amide bonds. The van der Waals surface area contributed by atoms with E-state index in [0.29, 0.717) is 0 Å². The molecular formula is C19H22N2O. The fraction of sp³-hybridized carbons (Fsp3) is 0.316. The van der Waals surface area contributed by atoms with Crippen molar-refractivity contribution in [1.82, 2.24) is 5.32 Å². The van der Waals surface area contributed by atoms with Crippen LogP contribution in [0.4, 0.5) is 0 Å². The van der Waals surface area contributed by atoms with Gasteiger partial charge >= 0.3 is 0 Å². The summed E-state index contributed by atoms with van der Waals surface area (Å²) in [5.41, 5.74) is 3.37. The summed E-state index contributed by atoms with van der Waals surface area (Å²) in [6.07, 6.45) is 1.70. The van der Waals surface area contributed by atoms with Gasteiger partial charge in [-0.2, -0.15) is 0 Å². The van der Waals surface area contributed by atoms with E-state index in [1.54, 1.807) is 0 Å². The van der Waals surface area contributed by atoms with E-state index in [1.807, 2.05) is 12.1 Å². The van der Waals surface area contributed by atoms with Crippen molar-refractivity contribution in [1.29, 1.82) is 0 Å². The van der Waals surface area contributed by atoms with Crippen molar-refractivity contribution in [3.8, 4) is 0 Å². The quantitative estimate of drug-likeness (QED) is 0.654. The molecule has 1 aliphatic rings. The van der Waals surface area contributed by atoms with Gasteiger partial charge in [0.25, 0.3) is 0 Å². The normalized spacial score (nSPS) is 27.0. The molecule has 0 aliphatic carbocycles. The topological polar surface area (TPSA) is 44.6 Å². The maximum atomic E-state index is 9.48. The van der Waals surface area contributed by atoms with Gasteiger partial charge in [-0.05, 0) is 17.5 Å².